The zero-order chi connectivity index (χ0) is 19.2. The molecule has 1 aliphatic heterocycles. The smallest absolute Gasteiger partial charge is 0.267 e. The predicted octanol–water partition coefficient (Wildman–Crippen LogP) is 4.84. The van der Waals surface area contributed by atoms with Gasteiger partial charge in [-0.3, -0.25) is 19.4 Å². The van der Waals surface area contributed by atoms with E-state index in [1.807, 2.05) is 48.5 Å². The van der Waals surface area contributed by atoms with E-state index < -0.39 is 0 Å². The highest BCUT2D eigenvalue weighted by molar-refractivity contribution is 8.26. The van der Waals surface area contributed by atoms with Crippen LogP contribution in [0.4, 0.5) is 5.69 Å². The van der Waals surface area contributed by atoms with Gasteiger partial charge in [0.15, 0.2) is 0 Å². The molecule has 1 aliphatic rings. The molecule has 1 saturated heterocycles. The summed E-state index contributed by atoms with van der Waals surface area (Å²) in [6, 6.07) is 18.3. The molecule has 0 aliphatic carbocycles. The molecule has 1 fully saturated rings. The normalized spacial score (nSPS) is 15.4. The van der Waals surface area contributed by atoms with E-state index in [1.165, 1.54) is 16.7 Å². The Morgan fingerprint density at radius 3 is 2.37 bits per heavy atom. The number of unbranched alkanes of at least 4 members (excludes halogenated alkanes) is 1. The molecule has 0 saturated carbocycles. The lowest BCUT2D eigenvalue weighted by atomic mass is 10.2. The van der Waals surface area contributed by atoms with E-state index in [9.17, 15) is 9.59 Å². The number of hydrogen-bond donors (Lipinski definition) is 0. The van der Waals surface area contributed by atoms with Crippen molar-refractivity contribution in [3.05, 3.63) is 77.3 Å². The Hall–Kier alpha value is -2.44. The lowest BCUT2D eigenvalue weighted by Gasteiger charge is -2.19. The Labute approximate surface area is 168 Å². The zero-order valence-electron chi connectivity index (χ0n) is 15.0. The molecule has 0 aromatic heterocycles. The van der Waals surface area contributed by atoms with Crippen LogP contribution in [-0.2, 0) is 4.79 Å². The van der Waals surface area contributed by atoms with Gasteiger partial charge in [-0.25, -0.2) is 0 Å². The number of amides is 2. The lowest BCUT2D eigenvalue weighted by Crippen LogP contribution is -2.30. The minimum Gasteiger partial charge on any atom is -0.293 e. The van der Waals surface area contributed by atoms with Crippen LogP contribution in [0.15, 0.2) is 71.8 Å². The average Bonchev–Trinajstić information content (AvgIpc) is 2.98. The van der Waals surface area contributed by atoms with Gasteiger partial charge in [-0.1, -0.05) is 73.7 Å². The molecule has 2 aromatic rings. The molecule has 0 bridgehead atoms. The predicted molar refractivity (Wildman–Crippen MR) is 115 cm³/mol. The number of rotatable bonds is 6. The zero-order valence-corrected chi connectivity index (χ0v) is 16.6. The third-order valence-electron chi connectivity index (χ3n) is 4.13. The maximum absolute atomic E-state index is 13.1. The largest absolute Gasteiger partial charge is 0.293 e. The van der Waals surface area contributed by atoms with Crippen LogP contribution in [0.1, 0.15) is 30.1 Å². The second-order valence-electron chi connectivity index (χ2n) is 6.05. The summed E-state index contributed by atoms with van der Waals surface area (Å²) in [5.41, 5.74) is 1.25. The summed E-state index contributed by atoms with van der Waals surface area (Å²) < 4.78 is 0.542. The number of hydrogen-bond acceptors (Lipinski definition) is 4. The molecule has 6 heteroatoms. The van der Waals surface area contributed by atoms with Crippen molar-refractivity contribution in [2.45, 2.75) is 19.8 Å². The van der Waals surface area contributed by atoms with Gasteiger partial charge in [-0.05, 0) is 30.7 Å². The number of thiocarbonyl (C=S) groups is 1. The van der Waals surface area contributed by atoms with Crippen LogP contribution in [0, 0.1) is 0 Å². The van der Waals surface area contributed by atoms with E-state index in [2.05, 4.69) is 6.92 Å². The Bertz CT molecular complexity index is 866. The van der Waals surface area contributed by atoms with Gasteiger partial charge in [0.2, 0.25) is 0 Å². The molecule has 0 unspecified atom stereocenters. The van der Waals surface area contributed by atoms with Gasteiger partial charge in [0, 0.05) is 24.0 Å². The van der Waals surface area contributed by atoms with Crippen molar-refractivity contribution in [2.75, 3.05) is 11.4 Å². The minimum absolute atomic E-state index is 0.139. The van der Waals surface area contributed by atoms with E-state index in [0.717, 1.165) is 12.8 Å². The van der Waals surface area contributed by atoms with Crippen molar-refractivity contribution in [2.24, 2.45) is 0 Å². The highest BCUT2D eigenvalue weighted by Crippen LogP contribution is 2.32. The highest BCUT2D eigenvalue weighted by atomic mass is 32.2. The summed E-state index contributed by atoms with van der Waals surface area (Å²) in [7, 11) is 0. The first-order chi connectivity index (χ1) is 13.1. The van der Waals surface area contributed by atoms with Crippen molar-refractivity contribution in [1.29, 1.82) is 0 Å². The van der Waals surface area contributed by atoms with Gasteiger partial charge in [0.25, 0.3) is 11.8 Å². The van der Waals surface area contributed by atoms with Crippen LogP contribution in [0.5, 0.6) is 0 Å². The van der Waals surface area contributed by atoms with Crippen molar-refractivity contribution >= 4 is 45.8 Å². The van der Waals surface area contributed by atoms with Crippen LogP contribution in [0.25, 0.3) is 0 Å². The Morgan fingerprint density at radius 2 is 1.74 bits per heavy atom. The molecule has 0 atom stereocenters. The Kier molecular flexibility index (Phi) is 6.42. The topological polar surface area (TPSA) is 40.6 Å². The Morgan fingerprint density at radius 1 is 1.11 bits per heavy atom. The fourth-order valence-electron chi connectivity index (χ4n) is 2.68. The van der Waals surface area contributed by atoms with Crippen LogP contribution in [-0.4, -0.2) is 27.6 Å². The molecular formula is C21H20N2O2S2. The molecule has 0 spiro atoms. The number of carbonyl (C=O) groups is 2. The summed E-state index contributed by atoms with van der Waals surface area (Å²) in [6.07, 6.45) is 3.49. The van der Waals surface area contributed by atoms with Gasteiger partial charge >= 0.3 is 0 Å². The molecule has 27 heavy (non-hydrogen) atoms. The third-order valence-corrected chi connectivity index (χ3v) is 5.49. The second kappa shape index (κ2) is 8.97. The monoisotopic (exact) mass is 396 g/mol. The van der Waals surface area contributed by atoms with Gasteiger partial charge in [-0.2, -0.15) is 0 Å². The van der Waals surface area contributed by atoms with Crippen LogP contribution in [0.2, 0.25) is 0 Å². The molecule has 4 nitrogen and oxygen atoms in total. The molecular weight excluding hydrogens is 376 g/mol. The SMILES string of the molecule is CCCCN1C(=O)C(=CN(C(=O)c2ccccc2)c2ccccc2)SC1=S. The number of benzene rings is 2. The van der Waals surface area contributed by atoms with Crippen molar-refractivity contribution < 1.29 is 9.59 Å². The third kappa shape index (κ3) is 4.46. The first kappa shape index (κ1) is 19.3. The molecule has 1 heterocycles. The van der Waals surface area contributed by atoms with E-state index in [-0.39, 0.29) is 11.8 Å². The number of thioether (sulfide) groups is 1. The van der Waals surface area contributed by atoms with Crippen molar-refractivity contribution in [3.63, 3.8) is 0 Å². The van der Waals surface area contributed by atoms with E-state index in [0.29, 0.717) is 27.0 Å². The van der Waals surface area contributed by atoms with Gasteiger partial charge in [0.05, 0.1) is 4.91 Å². The number of para-hydroxylation sites is 1. The first-order valence-electron chi connectivity index (χ1n) is 8.81. The van der Waals surface area contributed by atoms with Crippen LogP contribution >= 0.6 is 24.0 Å². The summed E-state index contributed by atoms with van der Waals surface area (Å²) in [5.74, 6) is -0.333. The van der Waals surface area contributed by atoms with Crippen LogP contribution in [0.3, 0.4) is 0 Å². The minimum atomic E-state index is -0.194. The number of anilines is 1. The Balaban J connectivity index is 1.95. The summed E-state index contributed by atoms with van der Waals surface area (Å²) >= 11 is 6.60. The number of nitrogens with zero attached hydrogens (tertiary/aromatic N) is 2. The summed E-state index contributed by atoms with van der Waals surface area (Å²) in [4.78, 5) is 29.4. The van der Waals surface area contributed by atoms with E-state index >= 15 is 0 Å². The maximum atomic E-state index is 13.1. The molecule has 138 valence electrons. The standard InChI is InChI=1S/C21H20N2O2S2/c1-2-3-14-22-20(25)18(27-21(22)26)15-23(17-12-8-5-9-13-17)19(24)16-10-6-4-7-11-16/h4-13,15H,2-3,14H2,1H3. The lowest BCUT2D eigenvalue weighted by molar-refractivity contribution is -0.122. The van der Waals surface area contributed by atoms with E-state index in [1.54, 1.807) is 23.2 Å². The van der Waals surface area contributed by atoms with Crippen molar-refractivity contribution in [1.82, 2.24) is 4.90 Å². The average molecular weight is 397 g/mol. The quantitative estimate of drug-likeness (QED) is 0.518. The van der Waals surface area contributed by atoms with Gasteiger partial charge < -0.3 is 0 Å². The van der Waals surface area contributed by atoms with Crippen LogP contribution < -0.4 is 4.90 Å². The molecule has 2 amide bonds. The van der Waals surface area contributed by atoms with Gasteiger partial charge in [-0.15, -0.1) is 0 Å². The molecule has 2 aromatic carbocycles. The maximum Gasteiger partial charge on any atom is 0.267 e. The van der Waals surface area contributed by atoms with Crippen molar-refractivity contribution in [3.8, 4) is 0 Å². The molecule has 0 radical (unpaired) electrons. The number of carbonyl (C=O) groups excluding carboxylic acids is 2. The fraction of sp³-hybridized carbons (Fsp3) is 0.190. The first-order valence-corrected chi connectivity index (χ1v) is 10.0. The highest BCUT2D eigenvalue weighted by Gasteiger charge is 2.33. The van der Waals surface area contributed by atoms with E-state index in [4.69, 9.17) is 12.2 Å². The summed E-state index contributed by atoms with van der Waals surface area (Å²) in [6.45, 7) is 2.68. The fourth-order valence-corrected chi connectivity index (χ4v) is 3.95. The molecule has 0 N–H and O–H groups in total. The second-order valence-corrected chi connectivity index (χ2v) is 7.72. The van der Waals surface area contributed by atoms with Gasteiger partial charge in [0.1, 0.15) is 4.32 Å². The summed E-state index contributed by atoms with van der Waals surface area (Å²) in [5, 5.41) is 0. The molecule has 3 rings (SSSR count).